The van der Waals surface area contributed by atoms with E-state index in [4.69, 9.17) is 14.7 Å². The quantitative estimate of drug-likeness (QED) is 0.806. The zero-order valence-corrected chi connectivity index (χ0v) is 10.2. The van der Waals surface area contributed by atoms with Crippen LogP contribution in [0.5, 0.6) is 11.5 Å². The first-order valence-electron chi connectivity index (χ1n) is 5.73. The molecule has 0 saturated carbocycles. The predicted octanol–water partition coefficient (Wildman–Crippen LogP) is 0.948. The molecule has 0 aromatic heterocycles. The Morgan fingerprint density at radius 3 is 2.72 bits per heavy atom. The summed E-state index contributed by atoms with van der Waals surface area (Å²) in [6.07, 6.45) is 0.240. The Labute approximate surface area is 105 Å². The van der Waals surface area contributed by atoms with Crippen molar-refractivity contribution in [1.29, 1.82) is 5.26 Å². The number of nitrogens with one attached hydrogen (secondary N) is 1. The second-order valence-electron chi connectivity index (χ2n) is 4.03. The van der Waals surface area contributed by atoms with Gasteiger partial charge in [-0.1, -0.05) is 0 Å². The van der Waals surface area contributed by atoms with Gasteiger partial charge in [-0.3, -0.25) is 4.79 Å². The standard InChI is InChI=1S/C13H14N2O3/c1-9-6-11-12(18-5-4-17-11)7-10(9)8-13(16)15-3-2-14/h6-7H,3-5,8H2,1H3,(H,15,16). The van der Waals surface area contributed by atoms with Crippen LogP contribution >= 0.6 is 0 Å². The molecule has 1 amide bonds. The van der Waals surface area contributed by atoms with Gasteiger partial charge in [0.05, 0.1) is 12.5 Å². The van der Waals surface area contributed by atoms with Crippen LogP contribution in [0.1, 0.15) is 11.1 Å². The van der Waals surface area contributed by atoms with Crippen LogP contribution in [0.2, 0.25) is 0 Å². The molecule has 0 aliphatic carbocycles. The molecule has 1 aromatic rings. The van der Waals surface area contributed by atoms with Crippen LogP contribution < -0.4 is 14.8 Å². The molecule has 0 bridgehead atoms. The first-order chi connectivity index (χ1) is 8.70. The van der Waals surface area contributed by atoms with Gasteiger partial charge in [0.2, 0.25) is 5.91 Å². The van der Waals surface area contributed by atoms with Crippen molar-refractivity contribution in [3.63, 3.8) is 0 Å². The monoisotopic (exact) mass is 246 g/mol. The first-order valence-corrected chi connectivity index (χ1v) is 5.73. The minimum atomic E-state index is -0.170. The number of aryl methyl sites for hydroxylation is 1. The van der Waals surface area contributed by atoms with Gasteiger partial charge in [0.25, 0.3) is 0 Å². The normalized spacial score (nSPS) is 12.7. The van der Waals surface area contributed by atoms with E-state index < -0.39 is 0 Å². The smallest absolute Gasteiger partial charge is 0.225 e. The molecule has 0 unspecified atom stereocenters. The van der Waals surface area contributed by atoms with Crippen molar-refractivity contribution in [2.45, 2.75) is 13.3 Å². The van der Waals surface area contributed by atoms with E-state index >= 15 is 0 Å². The van der Waals surface area contributed by atoms with E-state index in [-0.39, 0.29) is 18.9 Å². The fraction of sp³-hybridized carbons (Fsp3) is 0.385. The Hall–Kier alpha value is -2.22. The SMILES string of the molecule is Cc1cc2c(cc1CC(=O)NCC#N)OCCO2. The molecule has 1 N–H and O–H groups in total. The molecule has 0 saturated heterocycles. The van der Waals surface area contributed by atoms with Gasteiger partial charge in [-0.25, -0.2) is 0 Å². The van der Waals surface area contributed by atoms with E-state index in [1.165, 1.54) is 0 Å². The molecule has 0 fully saturated rings. The summed E-state index contributed by atoms with van der Waals surface area (Å²) in [5.74, 6) is 1.23. The Morgan fingerprint density at radius 2 is 2.06 bits per heavy atom. The highest BCUT2D eigenvalue weighted by atomic mass is 16.6. The summed E-state index contributed by atoms with van der Waals surface area (Å²) in [6.45, 7) is 3.03. The molecule has 1 aliphatic rings. The average molecular weight is 246 g/mol. The maximum absolute atomic E-state index is 11.6. The minimum Gasteiger partial charge on any atom is -0.486 e. The number of carbonyl (C=O) groups excluding carboxylic acids is 1. The number of benzene rings is 1. The van der Waals surface area contributed by atoms with Crippen LogP contribution in [0.3, 0.4) is 0 Å². The number of hydrogen-bond acceptors (Lipinski definition) is 4. The molecule has 1 heterocycles. The van der Waals surface area contributed by atoms with Crippen LogP contribution in [0.15, 0.2) is 12.1 Å². The van der Waals surface area contributed by atoms with Crippen molar-refractivity contribution in [3.05, 3.63) is 23.3 Å². The molecule has 0 atom stereocenters. The highest BCUT2D eigenvalue weighted by Crippen LogP contribution is 2.33. The number of rotatable bonds is 3. The van der Waals surface area contributed by atoms with Crippen LogP contribution in [-0.2, 0) is 11.2 Å². The molecule has 5 heteroatoms. The lowest BCUT2D eigenvalue weighted by Gasteiger charge is -2.20. The van der Waals surface area contributed by atoms with Crippen LogP contribution in [-0.4, -0.2) is 25.7 Å². The molecular formula is C13H14N2O3. The molecule has 1 aromatic carbocycles. The Balaban J connectivity index is 2.13. The third-order valence-corrected chi connectivity index (χ3v) is 2.72. The van der Waals surface area contributed by atoms with Crippen molar-refractivity contribution >= 4 is 5.91 Å². The van der Waals surface area contributed by atoms with Gasteiger partial charge in [-0.15, -0.1) is 0 Å². The summed E-state index contributed by atoms with van der Waals surface area (Å²) in [6, 6.07) is 5.58. The molecule has 18 heavy (non-hydrogen) atoms. The molecule has 2 rings (SSSR count). The molecule has 5 nitrogen and oxygen atoms in total. The summed E-state index contributed by atoms with van der Waals surface area (Å²) >= 11 is 0. The lowest BCUT2D eigenvalue weighted by molar-refractivity contribution is -0.120. The van der Waals surface area contributed by atoms with Gasteiger partial charge in [-0.2, -0.15) is 5.26 Å². The second kappa shape index (κ2) is 5.41. The van der Waals surface area contributed by atoms with Gasteiger partial charge in [0.1, 0.15) is 19.8 Å². The van der Waals surface area contributed by atoms with E-state index in [1.54, 1.807) is 0 Å². The van der Waals surface area contributed by atoms with E-state index in [2.05, 4.69) is 5.32 Å². The summed E-state index contributed by atoms with van der Waals surface area (Å²) < 4.78 is 10.9. The first kappa shape index (κ1) is 12.2. The highest BCUT2D eigenvalue weighted by molar-refractivity contribution is 5.79. The van der Waals surface area contributed by atoms with Gasteiger partial charge < -0.3 is 14.8 Å². The summed E-state index contributed by atoms with van der Waals surface area (Å²) in [4.78, 5) is 11.6. The van der Waals surface area contributed by atoms with Gasteiger partial charge in [0, 0.05) is 0 Å². The number of amides is 1. The average Bonchev–Trinajstić information content (AvgIpc) is 2.37. The number of hydrogen-bond donors (Lipinski definition) is 1. The Morgan fingerprint density at radius 1 is 1.39 bits per heavy atom. The zero-order valence-electron chi connectivity index (χ0n) is 10.2. The molecular weight excluding hydrogens is 232 g/mol. The van der Waals surface area contributed by atoms with E-state index in [1.807, 2.05) is 25.1 Å². The lowest BCUT2D eigenvalue weighted by Crippen LogP contribution is -2.25. The number of carbonyl (C=O) groups is 1. The van der Waals surface area contributed by atoms with Gasteiger partial charge >= 0.3 is 0 Å². The van der Waals surface area contributed by atoms with E-state index in [0.29, 0.717) is 19.0 Å². The maximum Gasteiger partial charge on any atom is 0.225 e. The van der Waals surface area contributed by atoms with Crippen molar-refractivity contribution in [3.8, 4) is 17.6 Å². The number of nitriles is 1. The second-order valence-corrected chi connectivity index (χ2v) is 4.03. The summed E-state index contributed by atoms with van der Waals surface area (Å²) in [7, 11) is 0. The topological polar surface area (TPSA) is 71.4 Å². The third kappa shape index (κ3) is 2.72. The predicted molar refractivity (Wildman–Crippen MR) is 64.5 cm³/mol. The highest BCUT2D eigenvalue weighted by Gasteiger charge is 2.15. The molecule has 0 spiro atoms. The van der Waals surface area contributed by atoms with Gasteiger partial charge in [0.15, 0.2) is 11.5 Å². The molecule has 94 valence electrons. The number of fused-ring (bicyclic) bond motifs is 1. The maximum atomic E-state index is 11.6. The fourth-order valence-corrected chi connectivity index (χ4v) is 1.80. The molecule has 0 radical (unpaired) electrons. The van der Waals surface area contributed by atoms with Crippen LogP contribution in [0, 0.1) is 18.3 Å². The third-order valence-electron chi connectivity index (χ3n) is 2.72. The Bertz CT molecular complexity index is 506. The largest absolute Gasteiger partial charge is 0.486 e. The van der Waals surface area contributed by atoms with E-state index in [9.17, 15) is 4.79 Å². The zero-order chi connectivity index (χ0) is 13.0. The van der Waals surface area contributed by atoms with Gasteiger partial charge in [-0.05, 0) is 30.2 Å². The Kier molecular flexibility index (Phi) is 3.68. The van der Waals surface area contributed by atoms with Crippen molar-refractivity contribution in [2.24, 2.45) is 0 Å². The molecule has 1 aliphatic heterocycles. The summed E-state index contributed by atoms with van der Waals surface area (Å²) in [5.41, 5.74) is 1.86. The summed E-state index contributed by atoms with van der Waals surface area (Å²) in [5, 5.41) is 10.9. The van der Waals surface area contributed by atoms with Crippen LogP contribution in [0.25, 0.3) is 0 Å². The fourth-order valence-electron chi connectivity index (χ4n) is 1.80. The van der Waals surface area contributed by atoms with Crippen LogP contribution in [0.4, 0.5) is 0 Å². The number of ether oxygens (including phenoxy) is 2. The lowest BCUT2D eigenvalue weighted by atomic mass is 10.0. The van der Waals surface area contributed by atoms with Crippen molar-refractivity contribution in [2.75, 3.05) is 19.8 Å². The number of nitrogens with zero attached hydrogens (tertiary/aromatic N) is 1. The van der Waals surface area contributed by atoms with Crippen molar-refractivity contribution < 1.29 is 14.3 Å². The van der Waals surface area contributed by atoms with E-state index in [0.717, 1.165) is 16.9 Å². The minimum absolute atomic E-state index is 0.0302. The van der Waals surface area contributed by atoms with Crippen molar-refractivity contribution in [1.82, 2.24) is 5.32 Å².